The number of nitrogens with zero attached hydrogens (tertiary/aromatic N) is 1. The topological polar surface area (TPSA) is 63.4 Å². The third-order valence-electron chi connectivity index (χ3n) is 3.33. The maximum Gasteiger partial charge on any atom is 0.243 e. The number of nitrogens with two attached hydrogens (primary N) is 1. The van der Waals surface area contributed by atoms with Crippen molar-refractivity contribution in [1.29, 1.82) is 0 Å². The van der Waals surface area contributed by atoms with E-state index in [1.807, 2.05) is 16.8 Å². The lowest BCUT2D eigenvalue weighted by Gasteiger charge is -2.19. The van der Waals surface area contributed by atoms with E-state index in [1.54, 1.807) is 31.4 Å². The van der Waals surface area contributed by atoms with Crippen molar-refractivity contribution in [2.24, 2.45) is 5.73 Å². The van der Waals surface area contributed by atoms with E-state index in [-0.39, 0.29) is 11.4 Å². The number of halogens is 1. The van der Waals surface area contributed by atoms with Crippen molar-refractivity contribution in [3.05, 3.63) is 50.7 Å². The van der Waals surface area contributed by atoms with Crippen LogP contribution in [0.1, 0.15) is 16.7 Å². The Morgan fingerprint density at radius 3 is 2.67 bits per heavy atom. The van der Waals surface area contributed by atoms with Crippen molar-refractivity contribution in [3.8, 4) is 0 Å². The maximum atomic E-state index is 12.7. The van der Waals surface area contributed by atoms with E-state index in [9.17, 15) is 8.42 Å². The Kier molecular flexibility index (Phi) is 5.06. The Bertz CT molecular complexity index is 728. The van der Waals surface area contributed by atoms with Gasteiger partial charge >= 0.3 is 0 Å². The lowest BCUT2D eigenvalue weighted by Crippen LogP contribution is -2.27. The Morgan fingerprint density at radius 2 is 2.10 bits per heavy atom. The van der Waals surface area contributed by atoms with E-state index in [4.69, 9.17) is 17.3 Å². The molecular weight excluding hydrogens is 328 g/mol. The lowest BCUT2D eigenvalue weighted by molar-refractivity contribution is 0.466. The molecule has 0 radical (unpaired) electrons. The van der Waals surface area contributed by atoms with Gasteiger partial charge in [-0.2, -0.15) is 15.6 Å². The first-order valence-corrected chi connectivity index (χ1v) is 9.09. The highest BCUT2D eigenvalue weighted by atomic mass is 35.5. The standard InChI is InChI=1S/C14H17ClN2O2S2/c1-10-12(7-16)5-13(15)6-14(10)21(18,19)17(2)8-11-3-4-20-9-11/h3-6,9H,7-8,16H2,1-2H3. The molecule has 0 unspecified atom stereocenters. The number of sulfonamides is 1. The van der Waals surface area contributed by atoms with Gasteiger partial charge in [-0.1, -0.05) is 11.6 Å². The molecule has 0 fully saturated rings. The molecule has 0 aliphatic rings. The zero-order valence-corrected chi connectivity index (χ0v) is 14.2. The first-order chi connectivity index (χ1) is 9.86. The van der Waals surface area contributed by atoms with Crippen LogP contribution in [-0.2, 0) is 23.1 Å². The van der Waals surface area contributed by atoms with Gasteiger partial charge in [0, 0.05) is 25.2 Å². The number of thiophene rings is 1. The first kappa shape index (κ1) is 16.5. The molecule has 2 aromatic rings. The number of rotatable bonds is 5. The van der Waals surface area contributed by atoms with Crippen LogP contribution in [0.3, 0.4) is 0 Å². The SMILES string of the molecule is Cc1c(CN)cc(Cl)cc1S(=O)(=O)N(C)Cc1ccsc1. The molecule has 114 valence electrons. The molecule has 0 saturated heterocycles. The van der Waals surface area contributed by atoms with E-state index < -0.39 is 10.0 Å². The third-order valence-corrected chi connectivity index (χ3v) is 6.21. The summed E-state index contributed by atoms with van der Waals surface area (Å²) in [4.78, 5) is 0.216. The summed E-state index contributed by atoms with van der Waals surface area (Å²) >= 11 is 7.56. The summed E-state index contributed by atoms with van der Waals surface area (Å²) in [5.74, 6) is 0. The van der Waals surface area contributed by atoms with E-state index in [0.29, 0.717) is 17.1 Å². The molecule has 1 aromatic carbocycles. The molecule has 21 heavy (non-hydrogen) atoms. The van der Waals surface area contributed by atoms with E-state index >= 15 is 0 Å². The average molecular weight is 345 g/mol. The van der Waals surface area contributed by atoms with E-state index in [0.717, 1.165) is 11.1 Å². The van der Waals surface area contributed by atoms with Crippen LogP contribution in [0, 0.1) is 6.92 Å². The quantitative estimate of drug-likeness (QED) is 0.906. The monoisotopic (exact) mass is 344 g/mol. The fraction of sp³-hybridized carbons (Fsp3) is 0.286. The van der Waals surface area contributed by atoms with Crippen molar-refractivity contribution in [2.75, 3.05) is 7.05 Å². The summed E-state index contributed by atoms with van der Waals surface area (Å²) in [6.45, 7) is 2.34. The highest BCUT2D eigenvalue weighted by Gasteiger charge is 2.24. The molecular formula is C14H17ClN2O2S2. The second-order valence-corrected chi connectivity index (χ2v) is 8.01. The average Bonchev–Trinajstić information content (AvgIpc) is 2.93. The summed E-state index contributed by atoms with van der Waals surface area (Å²) in [6.07, 6.45) is 0. The second-order valence-electron chi connectivity index (χ2n) is 4.78. The fourth-order valence-electron chi connectivity index (χ4n) is 2.08. The Labute approximate surface area is 134 Å². The van der Waals surface area contributed by atoms with Crippen molar-refractivity contribution in [1.82, 2.24) is 4.31 Å². The predicted molar refractivity (Wildman–Crippen MR) is 87.1 cm³/mol. The predicted octanol–water partition coefficient (Wildman–Crippen LogP) is 2.99. The molecule has 1 heterocycles. The minimum absolute atomic E-state index is 0.216. The van der Waals surface area contributed by atoms with Crippen LogP contribution in [-0.4, -0.2) is 19.8 Å². The largest absolute Gasteiger partial charge is 0.326 e. The molecule has 0 atom stereocenters. The Balaban J connectivity index is 2.41. The van der Waals surface area contributed by atoms with Crippen LogP contribution in [0.5, 0.6) is 0 Å². The van der Waals surface area contributed by atoms with Crippen LogP contribution < -0.4 is 5.73 Å². The molecule has 0 aliphatic carbocycles. The number of hydrogen-bond donors (Lipinski definition) is 1. The fourth-order valence-corrected chi connectivity index (χ4v) is 4.49. The zero-order chi connectivity index (χ0) is 15.6. The summed E-state index contributed by atoms with van der Waals surface area (Å²) < 4.78 is 26.8. The second kappa shape index (κ2) is 6.46. The highest BCUT2D eigenvalue weighted by molar-refractivity contribution is 7.89. The zero-order valence-electron chi connectivity index (χ0n) is 11.8. The molecule has 0 bridgehead atoms. The van der Waals surface area contributed by atoms with Crippen LogP contribution >= 0.6 is 22.9 Å². The lowest BCUT2D eigenvalue weighted by atomic mass is 10.1. The number of hydrogen-bond acceptors (Lipinski definition) is 4. The van der Waals surface area contributed by atoms with Gasteiger partial charge in [-0.25, -0.2) is 8.42 Å². The smallest absolute Gasteiger partial charge is 0.243 e. The molecule has 1 aromatic heterocycles. The van der Waals surface area contributed by atoms with Gasteiger partial charge < -0.3 is 5.73 Å². The van der Waals surface area contributed by atoms with Gasteiger partial charge in [0.15, 0.2) is 0 Å². The van der Waals surface area contributed by atoms with Gasteiger partial charge in [0.1, 0.15) is 0 Å². The van der Waals surface area contributed by atoms with E-state index in [2.05, 4.69) is 0 Å². The van der Waals surface area contributed by atoms with Gasteiger partial charge in [-0.15, -0.1) is 0 Å². The summed E-state index contributed by atoms with van der Waals surface area (Å²) in [5.41, 5.74) is 8.01. The Hall–Kier alpha value is -0.920. The van der Waals surface area contributed by atoms with Crippen LogP contribution in [0.15, 0.2) is 33.9 Å². The summed E-state index contributed by atoms with van der Waals surface area (Å²) in [5, 5.41) is 4.23. The van der Waals surface area contributed by atoms with Gasteiger partial charge in [-0.05, 0) is 52.6 Å². The molecule has 2 N–H and O–H groups in total. The minimum Gasteiger partial charge on any atom is -0.326 e. The summed E-state index contributed by atoms with van der Waals surface area (Å²) in [6, 6.07) is 5.09. The summed E-state index contributed by atoms with van der Waals surface area (Å²) in [7, 11) is -2.04. The third kappa shape index (κ3) is 3.46. The van der Waals surface area contributed by atoms with Crippen molar-refractivity contribution in [3.63, 3.8) is 0 Å². The maximum absolute atomic E-state index is 12.7. The van der Waals surface area contributed by atoms with E-state index in [1.165, 1.54) is 10.4 Å². The minimum atomic E-state index is -3.60. The van der Waals surface area contributed by atoms with Crippen LogP contribution in [0.2, 0.25) is 5.02 Å². The van der Waals surface area contributed by atoms with Gasteiger partial charge in [0.2, 0.25) is 10.0 Å². The molecule has 0 amide bonds. The molecule has 0 saturated carbocycles. The molecule has 0 aliphatic heterocycles. The van der Waals surface area contributed by atoms with Crippen LogP contribution in [0.25, 0.3) is 0 Å². The molecule has 2 rings (SSSR count). The number of benzene rings is 1. The first-order valence-electron chi connectivity index (χ1n) is 6.32. The Morgan fingerprint density at radius 1 is 1.38 bits per heavy atom. The molecule has 7 heteroatoms. The molecule has 0 spiro atoms. The van der Waals surface area contributed by atoms with Gasteiger partial charge in [-0.3, -0.25) is 0 Å². The van der Waals surface area contributed by atoms with Crippen molar-refractivity contribution >= 4 is 33.0 Å². The van der Waals surface area contributed by atoms with Gasteiger partial charge in [0.25, 0.3) is 0 Å². The van der Waals surface area contributed by atoms with Crippen molar-refractivity contribution < 1.29 is 8.42 Å². The van der Waals surface area contributed by atoms with Crippen molar-refractivity contribution in [2.45, 2.75) is 24.9 Å². The molecule has 4 nitrogen and oxygen atoms in total. The highest BCUT2D eigenvalue weighted by Crippen LogP contribution is 2.27. The van der Waals surface area contributed by atoms with Crippen LogP contribution in [0.4, 0.5) is 0 Å². The normalized spacial score (nSPS) is 12.0. The van der Waals surface area contributed by atoms with Gasteiger partial charge in [0.05, 0.1) is 4.90 Å².